The number of halogens is 1. The molecule has 6 heterocycles. The number of amides is 3. The highest BCUT2D eigenvalue weighted by atomic mass is 35.5. The third-order valence-electron chi connectivity index (χ3n) is 10.2. The lowest BCUT2D eigenvalue weighted by Crippen LogP contribution is -2.52. The van der Waals surface area contributed by atoms with Crippen LogP contribution >= 0.6 is 22.9 Å². The Morgan fingerprint density at radius 2 is 1.85 bits per heavy atom. The number of nitrogens with one attached hydrogen (secondary N) is 1. The number of thiophene rings is 1. The topological polar surface area (TPSA) is 127 Å². The zero-order chi connectivity index (χ0) is 36.8. The summed E-state index contributed by atoms with van der Waals surface area (Å²) < 4.78 is 4.05. The van der Waals surface area contributed by atoms with E-state index in [0.717, 1.165) is 92.8 Å². The van der Waals surface area contributed by atoms with Crippen LogP contribution in [0.5, 0.6) is 0 Å². The Morgan fingerprint density at radius 1 is 1.02 bits per heavy atom. The molecule has 13 heteroatoms. The summed E-state index contributed by atoms with van der Waals surface area (Å²) in [5.74, 6) is 7.56. The molecule has 11 nitrogen and oxygen atoms in total. The van der Waals surface area contributed by atoms with E-state index in [4.69, 9.17) is 16.6 Å². The van der Waals surface area contributed by atoms with Crippen molar-refractivity contribution in [2.45, 2.75) is 84.5 Å². The molecular formula is C40H37ClN8O3S. The van der Waals surface area contributed by atoms with Gasteiger partial charge in [-0.25, -0.2) is 0 Å². The van der Waals surface area contributed by atoms with Gasteiger partial charge in [0.15, 0.2) is 5.82 Å². The van der Waals surface area contributed by atoms with Gasteiger partial charge in [-0.05, 0) is 81.3 Å². The number of nitrogens with zero attached hydrogens (tertiary/aromatic N) is 7. The standard InChI is InChI=1S/C40H37ClN8O3S/c1-23-33(53-40-35(23)36(28-12-14-29(41)15-13-28)43-24(2)37-46-45-25(3)49(37)40)17-11-26-20-42-47(21-26)19-6-4-5-8-27-9-7-10-30-31(27)22-48(39(30)52)32-16-18-34(50)44-38(32)51/h7,9-10,12-15,20-21,24,32H,4-6,8,16,18-19,22H2,1-3H3,(H,44,50,51)/t24-,32?/m0/s1. The molecule has 3 amide bonds. The molecule has 1 unspecified atom stereocenters. The number of aryl methyl sites for hydroxylation is 3. The van der Waals surface area contributed by atoms with Gasteiger partial charge in [0.25, 0.3) is 5.91 Å². The lowest BCUT2D eigenvalue weighted by atomic mass is 9.98. The zero-order valence-corrected chi connectivity index (χ0v) is 31.2. The van der Waals surface area contributed by atoms with Gasteiger partial charge < -0.3 is 4.90 Å². The minimum Gasteiger partial charge on any atom is -0.322 e. The maximum Gasteiger partial charge on any atom is 0.255 e. The van der Waals surface area contributed by atoms with E-state index in [1.807, 2.05) is 67.3 Å². The Bertz CT molecular complexity index is 2380. The van der Waals surface area contributed by atoms with Crippen LogP contribution < -0.4 is 5.32 Å². The van der Waals surface area contributed by atoms with Crippen molar-refractivity contribution in [1.29, 1.82) is 0 Å². The molecule has 2 aromatic carbocycles. The monoisotopic (exact) mass is 744 g/mol. The molecule has 0 saturated carbocycles. The minimum absolute atomic E-state index is 0.135. The van der Waals surface area contributed by atoms with E-state index in [-0.39, 0.29) is 30.2 Å². The zero-order valence-electron chi connectivity index (χ0n) is 29.6. The SMILES string of the molecule is Cc1c(C#Cc2cnn(CCCCCc3cccc4c3CN(C3CCC(=O)NC3=O)C4=O)c2)sc2c1C(c1ccc(Cl)cc1)=N[C@@H](C)c1nnc(C)n1-2. The van der Waals surface area contributed by atoms with E-state index >= 15 is 0 Å². The van der Waals surface area contributed by atoms with Gasteiger partial charge >= 0.3 is 0 Å². The first-order valence-electron chi connectivity index (χ1n) is 17.9. The van der Waals surface area contributed by atoms with Crippen LogP contribution in [-0.2, 0) is 29.1 Å². The fourth-order valence-corrected chi connectivity index (χ4v) is 8.77. The van der Waals surface area contributed by atoms with E-state index in [1.165, 1.54) is 0 Å². The number of carbonyl (C=O) groups excluding carboxylic acids is 3. The molecule has 1 N–H and O–H groups in total. The van der Waals surface area contributed by atoms with Gasteiger partial charge in [0.05, 0.1) is 22.3 Å². The maximum absolute atomic E-state index is 13.2. The maximum atomic E-state index is 13.2. The molecular weight excluding hydrogens is 708 g/mol. The third kappa shape index (κ3) is 6.60. The van der Waals surface area contributed by atoms with Crippen molar-refractivity contribution in [3.05, 3.63) is 115 Å². The number of aromatic nitrogens is 5. The first-order valence-corrected chi connectivity index (χ1v) is 19.1. The smallest absolute Gasteiger partial charge is 0.255 e. The fraction of sp³-hybridized carbons (Fsp3) is 0.325. The Labute approximate surface area is 316 Å². The summed E-state index contributed by atoms with van der Waals surface area (Å²) in [4.78, 5) is 45.0. The second kappa shape index (κ2) is 14.2. The van der Waals surface area contributed by atoms with Crippen LogP contribution in [-0.4, -0.2) is 58.9 Å². The average Bonchev–Trinajstić information content (AvgIpc) is 3.90. The van der Waals surface area contributed by atoms with Crippen LogP contribution in [0.4, 0.5) is 0 Å². The van der Waals surface area contributed by atoms with Gasteiger partial charge in [-0.1, -0.05) is 54.1 Å². The molecule has 0 radical (unpaired) electrons. The first-order chi connectivity index (χ1) is 25.7. The average molecular weight is 745 g/mol. The number of unbranched alkanes of at least 4 members (excludes halogenated alkanes) is 2. The van der Waals surface area contributed by atoms with Gasteiger partial charge in [-0.2, -0.15) is 5.10 Å². The Hall–Kier alpha value is -5.38. The number of imide groups is 1. The summed E-state index contributed by atoms with van der Waals surface area (Å²) >= 11 is 7.85. The molecule has 53 heavy (non-hydrogen) atoms. The van der Waals surface area contributed by atoms with Crippen LogP contribution in [0.3, 0.4) is 0 Å². The molecule has 268 valence electrons. The molecule has 3 aromatic heterocycles. The van der Waals surface area contributed by atoms with Crippen LogP contribution in [0.2, 0.25) is 5.02 Å². The second-order valence-electron chi connectivity index (χ2n) is 13.7. The summed E-state index contributed by atoms with van der Waals surface area (Å²) in [6.07, 6.45) is 8.17. The van der Waals surface area contributed by atoms with Gasteiger partial charge in [-0.15, -0.1) is 21.5 Å². The summed E-state index contributed by atoms with van der Waals surface area (Å²) in [6, 6.07) is 12.8. The summed E-state index contributed by atoms with van der Waals surface area (Å²) in [5.41, 5.74) is 7.61. The number of benzene rings is 2. The molecule has 0 aliphatic carbocycles. The van der Waals surface area contributed by atoms with Crippen LogP contribution in [0.15, 0.2) is 59.9 Å². The highest BCUT2D eigenvalue weighted by molar-refractivity contribution is 7.15. The van der Waals surface area contributed by atoms with Crippen molar-refractivity contribution in [2.75, 3.05) is 0 Å². The van der Waals surface area contributed by atoms with Crippen LogP contribution in [0, 0.1) is 25.7 Å². The molecule has 8 rings (SSSR count). The molecule has 3 aliphatic heterocycles. The van der Waals surface area contributed by atoms with E-state index in [2.05, 4.69) is 50.0 Å². The molecule has 0 bridgehead atoms. The largest absolute Gasteiger partial charge is 0.322 e. The van der Waals surface area contributed by atoms with Gasteiger partial charge in [-0.3, -0.25) is 33.9 Å². The van der Waals surface area contributed by atoms with Crippen molar-refractivity contribution in [3.63, 3.8) is 0 Å². The summed E-state index contributed by atoms with van der Waals surface area (Å²) in [7, 11) is 0. The molecule has 0 spiro atoms. The third-order valence-corrected chi connectivity index (χ3v) is 11.6. The van der Waals surface area contributed by atoms with Crippen molar-refractivity contribution in [2.24, 2.45) is 4.99 Å². The normalized spacial score (nSPS) is 17.8. The number of hydrogen-bond acceptors (Lipinski definition) is 8. The predicted molar refractivity (Wildman–Crippen MR) is 202 cm³/mol. The van der Waals surface area contributed by atoms with Gasteiger partial charge in [0.1, 0.15) is 22.9 Å². The number of piperidine rings is 1. The molecule has 2 atom stereocenters. The number of fused-ring (bicyclic) bond motifs is 4. The molecule has 1 saturated heterocycles. The quantitative estimate of drug-likeness (QED) is 0.113. The van der Waals surface area contributed by atoms with Crippen LogP contribution in [0.25, 0.3) is 5.00 Å². The first kappa shape index (κ1) is 34.7. The second-order valence-corrected chi connectivity index (χ2v) is 15.2. The molecule has 1 fully saturated rings. The Kier molecular flexibility index (Phi) is 9.30. The van der Waals surface area contributed by atoms with Crippen molar-refractivity contribution in [3.8, 4) is 16.8 Å². The summed E-state index contributed by atoms with van der Waals surface area (Å²) in [6.45, 7) is 7.28. The predicted octanol–water partition coefficient (Wildman–Crippen LogP) is 6.28. The van der Waals surface area contributed by atoms with E-state index < -0.39 is 6.04 Å². The summed E-state index contributed by atoms with van der Waals surface area (Å²) in [5, 5.41) is 17.5. The van der Waals surface area contributed by atoms with Crippen molar-refractivity contribution < 1.29 is 14.4 Å². The van der Waals surface area contributed by atoms with Gasteiger partial charge in [0, 0.05) is 47.4 Å². The number of rotatable bonds is 8. The highest BCUT2D eigenvalue weighted by Crippen LogP contribution is 2.39. The Balaban J connectivity index is 0.917. The van der Waals surface area contributed by atoms with Gasteiger partial charge in [0.2, 0.25) is 11.8 Å². The molecule has 3 aliphatic rings. The van der Waals surface area contributed by atoms with E-state index in [9.17, 15) is 14.4 Å². The number of hydrogen-bond donors (Lipinski definition) is 1. The fourth-order valence-electron chi connectivity index (χ4n) is 7.43. The lowest BCUT2D eigenvalue weighted by molar-refractivity contribution is -0.136. The van der Waals surface area contributed by atoms with Crippen molar-refractivity contribution >= 4 is 46.4 Å². The Morgan fingerprint density at radius 3 is 2.66 bits per heavy atom. The van der Waals surface area contributed by atoms with E-state index in [1.54, 1.807) is 16.2 Å². The lowest BCUT2D eigenvalue weighted by Gasteiger charge is -2.29. The van der Waals surface area contributed by atoms with E-state index in [0.29, 0.717) is 23.6 Å². The van der Waals surface area contributed by atoms with Crippen LogP contribution in [0.1, 0.15) is 105 Å². The number of carbonyl (C=O) groups is 3. The number of aliphatic imine (C=N–C) groups is 1. The van der Waals surface area contributed by atoms with Crippen molar-refractivity contribution in [1.82, 2.24) is 34.8 Å². The highest BCUT2D eigenvalue weighted by Gasteiger charge is 2.39. The molecule has 5 aromatic rings. The minimum atomic E-state index is -0.605.